The maximum Gasteiger partial charge on any atom is 0.310 e. The Balaban J connectivity index is 2.55. The summed E-state index contributed by atoms with van der Waals surface area (Å²) >= 11 is 0. The zero-order valence-corrected chi connectivity index (χ0v) is 9.17. The number of hydrogen-bond acceptors (Lipinski definition) is 2. The van der Waals surface area contributed by atoms with Gasteiger partial charge in [-0.25, -0.2) is 0 Å². The number of rotatable bonds is 3. The Morgan fingerprint density at radius 2 is 2.14 bits per heavy atom. The lowest BCUT2D eigenvalue weighted by molar-refractivity contribution is -0.139. The Morgan fingerprint density at radius 3 is 2.57 bits per heavy atom. The molecule has 2 heteroatoms. The third kappa shape index (κ3) is 3.02. The third-order valence-electron chi connectivity index (χ3n) is 2.42. The van der Waals surface area contributed by atoms with Crippen LogP contribution in [0, 0.1) is 5.92 Å². The average molecular weight is 194 g/mol. The van der Waals surface area contributed by atoms with Crippen LogP contribution in [0.25, 0.3) is 0 Å². The SMILES string of the molecule is CCC(=O)OC1=CC=C(C(C)C)CC1. The number of hydrogen-bond donors (Lipinski definition) is 0. The molecule has 0 radical (unpaired) electrons. The number of carbonyl (C=O) groups excluding carboxylic acids is 1. The molecule has 0 heterocycles. The first-order chi connectivity index (χ1) is 6.63. The van der Waals surface area contributed by atoms with Gasteiger partial charge in [-0.05, 0) is 18.4 Å². The highest BCUT2D eigenvalue weighted by Crippen LogP contribution is 2.24. The summed E-state index contributed by atoms with van der Waals surface area (Å²) in [5.41, 5.74) is 1.43. The monoisotopic (exact) mass is 194 g/mol. The zero-order valence-electron chi connectivity index (χ0n) is 9.17. The molecule has 0 N–H and O–H groups in total. The van der Waals surface area contributed by atoms with E-state index in [1.54, 1.807) is 6.92 Å². The quantitative estimate of drug-likeness (QED) is 0.645. The largest absolute Gasteiger partial charge is 0.431 e. The molecule has 14 heavy (non-hydrogen) atoms. The average Bonchev–Trinajstić information content (AvgIpc) is 2.18. The maximum atomic E-state index is 11.0. The van der Waals surface area contributed by atoms with E-state index in [0.29, 0.717) is 12.3 Å². The van der Waals surface area contributed by atoms with E-state index in [0.717, 1.165) is 18.6 Å². The summed E-state index contributed by atoms with van der Waals surface area (Å²) in [5.74, 6) is 1.26. The van der Waals surface area contributed by atoms with Crippen LogP contribution >= 0.6 is 0 Å². The summed E-state index contributed by atoms with van der Waals surface area (Å²) in [6, 6.07) is 0. The Labute approximate surface area is 85.6 Å². The molecule has 0 aliphatic heterocycles. The van der Waals surface area contributed by atoms with E-state index in [9.17, 15) is 4.79 Å². The molecule has 1 rings (SSSR count). The predicted molar refractivity (Wildman–Crippen MR) is 56.6 cm³/mol. The molecule has 0 aromatic rings. The van der Waals surface area contributed by atoms with Crippen LogP contribution in [0.1, 0.15) is 40.0 Å². The molecule has 0 saturated carbocycles. The smallest absolute Gasteiger partial charge is 0.310 e. The van der Waals surface area contributed by atoms with Crippen LogP contribution in [-0.4, -0.2) is 5.97 Å². The van der Waals surface area contributed by atoms with Gasteiger partial charge in [0.15, 0.2) is 0 Å². The fourth-order valence-electron chi connectivity index (χ4n) is 1.42. The molecule has 0 atom stereocenters. The molecule has 2 nitrogen and oxygen atoms in total. The van der Waals surface area contributed by atoms with Crippen molar-refractivity contribution in [3.05, 3.63) is 23.5 Å². The minimum absolute atomic E-state index is 0.141. The molecule has 0 bridgehead atoms. The van der Waals surface area contributed by atoms with Crippen LogP contribution < -0.4 is 0 Å². The lowest BCUT2D eigenvalue weighted by Gasteiger charge is -2.16. The molecule has 0 fully saturated rings. The molecule has 78 valence electrons. The summed E-state index contributed by atoms with van der Waals surface area (Å²) in [6.07, 6.45) is 6.31. The first kappa shape index (κ1) is 11.0. The van der Waals surface area contributed by atoms with E-state index in [1.165, 1.54) is 5.57 Å². The van der Waals surface area contributed by atoms with Gasteiger partial charge in [-0.3, -0.25) is 4.79 Å². The normalized spacial score (nSPS) is 16.3. The van der Waals surface area contributed by atoms with Gasteiger partial charge in [-0.2, -0.15) is 0 Å². The van der Waals surface area contributed by atoms with E-state index in [4.69, 9.17) is 4.74 Å². The molecular weight excluding hydrogens is 176 g/mol. The molecule has 0 aromatic carbocycles. The Hall–Kier alpha value is -1.05. The van der Waals surface area contributed by atoms with Crippen molar-refractivity contribution in [3.8, 4) is 0 Å². The summed E-state index contributed by atoms with van der Waals surface area (Å²) in [6.45, 7) is 6.17. The molecule has 0 saturated heterocycles. The van der Waals surface area contributed by atoms with Crippen LogP contribution in [0.15, 0.2) is 23.5 Å². The highest BCUT2D eigenvalue weighted by atomic mass is 16.5. The fraction of sp³-hybridized carbons (Fsp3) is 0.583. The van der Waals surface area contributed by atoms with Gasteiger partial charge in [0.05, 0.1) is 0 Å². The first-order valence-corrected chi connectivity index (χ1v) is 5.23. The van der Waals surface area contributed by atoms with Gasteiger partial charge in [-0.1, -0.05) is 32.4 Å². The Bertz CT molecular complexity index is 272. The van der Waals surface area contributed by atoms with Gasteiger partial charge in [-0.15, -0.1) is 0 Å². The fourth-order valence-corrected chi connectivity index (χ4v) is 1.42. The molecule has 1 aliphatic carbocycles. The Morgan fingerprint density at radius 1 is 1.43 bits per heavy atom. The second kappa shape index (κ2) is 4.99. The van der Waals surface area contributed by atoms with Crippen LogP contribution in [0.4, 0.5) is 0 Å². The zero-order chi connectivity index (χ0) is 10.6. The van der Waals surface area contributed by atoms with Crippen LogP contribution in [0.3, 0.4) is 0 Å². The van der Waals surface area contributed by atoms with Crippen molar-refractivity contribution in [2.75, 3.05) is 0 Å². The van der Waals surface area contributed by atoms with Gasteiger partial charge in [0.1, 0.15) is 5.76 Å². The van der Waals surface area contributed by atoms with Gasteiger partial charge in [0.2, 0.25) is 0 Å². The van der Waals surface area contributed by atoms with Crippen molar-refractivity contribution >= 4 is 5.97 Å². The molecular formula is C12H18O2. The van der Waals surface area contributed by atoms with Gasteiger partial charge >= 0.3 is 5.97 Å². The lowest BCUT2D eigenvalue weighted by atomic mass is 9.94. The minimum atomic E-state index is -0.141. The van der Waals surface area contributed by atoms with Gasteiger partial charge in [0.25, 0.3) is 0 Å². The van der Waals surface area contributed by atoms with Crippen molar-refractivity contribution in [3.63, 3.8) is 0 Å². The topological polar surface area (TPSA) is 26.3 Å². The first-order valence-electron chi connectivity index (χ1n) is 5.23. The van der Waals surface area contributed by atoms with Crippen molar-refractivity contribution in [2.24, 2.45) is 5.92 Å². The highest BCUT2D eigenvalue weighted by Gasteiger charge is 2.11. The van der Waals surface area contributed by atoms with Crippen LogP contribution in [0.2, 0.25) is 0 Å². The summed E-state index contributed by atoms with van der Waals surface area (Å²) < 4.78 is 5.15. The van der Waals surface area contributed by atoms with Crippen LogP contribution in [0.5, 0.6) is 0 Å². The van der Waals surface area contributed by atoms with Crippen molar-refractivity contribution in [1.29, 1.82) is 0 Å². The Kier molecular flexibility index (Phi) is 3.93. The standard InChI is InChI=1S/C12H18O2/c1-4-12(13)14-11-7-5-10(6-8-11)9(2)3/h5,7,9H,4,6,8H2,1-3H3. The summed E-state index contributed by atoms with van der Waals surface area (Å²) in [4.78, 5) is 11.0. The second-order valence-electron chi connectivity index (χ2n) is 3.86. The second-order valence-corrected chi connectivity index (χ2v) is 3.86. The number of allylic oxidation sites excluding steroid dienone is 4. The van der Waals surface area contributed by atoms with E-state index in [2.05, 4.69) is 19.9 Å². The summed E-state index contributed by atoms with van der Waals surface area (Å²) in [7, 11) is 0. The van der Waals surface area contributed by atoms with Gasteiger partial charge < -0.3 is 4.74 Å². The highest BCUT2D eigenvalue weighted by molar-refractivity contribution is 5.70. The van der Waals surface area contributed by atoms with Crippen molar-refractivity contribution in [1.82, 2.24) is 0 Å². The molecule has 0 unspecified atom stereocenters. The molecule has 0 amide bonds. The molecule has 0 aromatic heterocycles. The molecule has 1 aliphatic rings. The van der Waals surface area contributed by atoms with Crippen molar-refractivity contribution < 1.29 is 9.53 Å². The van der Waals surface area contributed by atoms with E-state index in [-0.39, 0.29) is 5.97 Å². The minimum Gasteiger partial charge on any atom is -0.431 e. The third-order valence-corrected chi connectivity index (χ3v) is 2.42. The molecule has 0 spiro atoms. The number of ether oxygens (including phenoxy) is 1. The summed E-state index contributed by atoms with van der Waals surface area (Å²) in [5, 5.41) is 0. The predicted octanol–water partition coefficient (Wildman–Crippen LogP) is 3.20. The van der Waals surface area contributed by atoms with Crippen LogP contribution in [-0.2, 0) is 9.53 Å². The lowest BCUT2D eigenvalue weighted by Crippen LogP contribution is -2.06. The van der Waals surface area contributed by atoms with E-state index >= 15 is 0 Å². The van der Waals surface area contributed by atoms with Gasteiger partial charge in [0, 0.05) is 12.8 Å². The number of esters is 1. The number of carbonyl (C=O) groups is 1. The maximum absolute atomic E-state index is 11.0. The van der Waals surface area contributed by atoms with E-state index < -0.39 is 0 Å². The van der Waals surface area contributed by atoms with Crippen molar-refractivity contribution in [2.45, 2.75) is 40.0 Å². The van der Waals surface area contributed by atoms with E-state index in [1.807, 2.05) is 6.08 Å².